The SMILES string of the molecule is Cc1ccc(-c2cc(F)c(F)c(F)c2)cc1C1C(=O)C(C)(C)OC(C)(C)C1=O. The van der Waals surface area contributed by atoms with E-state index >= 15 is 0 Å². The molecule has 1 aliphatic rings. The summed E-state index contributed by atoms with van der Waals surface area (Å²) in [5.74, 6) is -5.99. The molecule has 1 fully saturated rings. The molecule has 2 aromatic carbocycles. The average molecular weight is 390 g/mol. The molecule has 0 N–H and O–H groups in total. The van der Waals surface area contributed by atoms with Gasteiger partial charge in [-0.2, -0.15) is 0 Å². The summed E-state index contributed by atoms with van der Waals surface area (Å²) in [6.07, 6.45) is 0. The third-order valence-electron chi connectivity index (χ3n) is 5.13. The number of halogens is 3. The summed E-state index contributed by atoms with van der Waals surface area (Å²) in [5.41, 5.74) is -0.713. The number of ether oxygens (including phenoxy) is 1. The summed E-state index contributed by atoms with van der Waals surface area (Å²) in [6, 6.07) is 6.59. The van der Waals surface area contributed by atoms with E-state index in [1.165, 1.54) is 0 Å². The summed E-state index contributed by atoms with van der Waals surface area (Å²) in [6.45, 7) is 8.20. The van der Waals surface area contributed by atoms with Crippen molar-refractivity contribution in [3.63, 3.8) is 0 Å². The maximum Gasteiger partial charge on any atom is 0.194 e. The maximum atomic E-state index is 13.6. The van der Waals surface area contributed by atoms with Crippen LogP contribution in [0.1, 0.15) is 44.7 Å². The number of ketones is 2. The molecule has 148 valence electrons. The van der Waals surface area contributed by atoms with Gasteiger partial charge in [0.25, 0.3) is 0 Å². The van der Waals surface area contributed by atoms with E-state index in [1.54, 1.807) is 52.8 Å². The number of carbonyl (C=O) groups excluding carboxylic acids is 2. The highest BCUT2D eigenvalue weighted by Crippen LogP contribution is 2.40. The van der Waals surface area contributed by atoms with Crippen molar-refractivity contribution in [1.82, 2.24) is 0 Å². The average Bonchev–Trinajstić information content (AvgIpc) is 2.58. The number of Topliss-reactive ketones (excluding diaryl/α,β-unsaturated/α-hetero) is 2. The van der Waals surface area contributed by atoms with Crippen LogP contribution in [0.2, 0.25) is 0 Å². The van der Waals surface area contributed by atoms with Gasteiger partial charge in [-0.15, -0.1) is 0 Å². The first-order chi connectivity index (χ1) is 12.8. The van der Waals surface area contributed by atoms with Gasteiger partial charge in [0.15, 0.2) is 29.0 Å². The lowest BCUT2D eigenvalue weighted by Crippen LogP contribution is -2.58. The van der Waals surface area contributed by atoms with Crippen LogP contribution in [-0.4, -0.2) is 22.8 Å². The largest absolute Gasteiger partial charge is 0.354 e. The van der Waals surface area contributed by atoms with Crippen molar-refractivity contribution in [1.29, 1.82) is 0 Å². The predicted octanol–water partition coefficient (Wildman–Crippen LogP) is 4.89. The van der Waals surface area contributed by atoms with Crippen molar-refractivity contribution in [2.75, 3.05) is 0 Å². The summed E-state index contributed by atoms with van der Waals surface area (Å²) in [4.78, 5) is 26.0. The van der Waals surface area contributed by atoms with Crippen molar-refractivity contribution in [3.8, 4) is 11.1 Å². The topological polar surface area (TPSA) is 43.4 Å². The fourth-order valence-electron chi connectivity index (χ4n) is 3.69. The van der Waals surface area contributed by atoms with Crippen LogP contribution < -0.4 is 0 Å². The third kappa shape index (κ3) is 3.26. The summed E-state index contributed by atoms with van der Waals surface area (Å²) < 4.78 is 46.3. The number of hydrogen-bond acceptors (Lipinski definition) is 3. The van der Waals surface area contributed by atoms with Crippen molar-refractivity contribution in [3.05, 3.63) is 58.9 Å². The Balaban J connectivity index is 2.16. The molecule has 0 saturated carbocycles. The van der Waals surface area contributed by atoms with Gasteiger partial charge in [-0.1, -0.05) is 12.1 Å². The van der Waals surface area contributed by atoms with Gasteiger partial charge >= 0.3 is 0 Å². The monoisotopic (exact) mass is 390 g/mol. The second kappa shape index (κ2) is 6.55. The number of carbonyl (C=O) groups is 2. The lowest BCUT2D eigenvalue weighted by molar-refractivity contribution is -0.184. The fourth-order valence-corrected chi connectivity index (χ4v) is 3.69. The minimum atomic E-state index is -1.55. The molecule has 0 atom stereocenters. The lowest BCUT2D eigenvalue weighted by Gasteiger charge is -2.43. The van der Waals surface area contributed by atoms with Crippen molar-refractivity contribution in [2.24, 2.45) is 0 Å². The molecule has 1 heterocycles. The van der Waals surface area contributed by atoms with E-state index < -0.39 is 34.6 Å². The minimum absolute atomic E-state index is 0.114. The zero-order valence-electron chi connectivity index (χ0n) is 16.3. The highest BCUT2D eigenvalue weighted by atomic mass is 19.2. The number of rotatable bonds is 2. The second-order valence-electron chi connectivity index (χ2n) is 8.11. The van der Waals surface area contributed by atoms with Crippen LogP contribution in [0.5, 0.6) is 0 Å². The van der Waals surface area contributed by atoms with Crippen LogP contribution in [0.4, 0.5) is 13.2 Å². The minimum Gasteiger partial charge on any atom is -0.354 e. The van der Waals surface area contributed by atoms with Crippen LogP contribution in [0.15, 0.2) is 30.3 Å². The molecule has 3 nitrogen and oxygen atoms in total. The van der Waals surface area contributed by atoms with Gasteiger partial charge in [-0.25, -0.2) is 13.2 Å². The summed E-state index contributed by atoms with van der Waals surface area (Å²) >= 11 is 0. The highest BCUT2D eigenvalue weighted by molar-refractivity contribution is 6.15. The molecule has 6 heteroatoms. The number of hydrogen-bond donors (Lipinski definition) is 0. The molecule has 0 aromatic heterocycles. The van der Waals surface area contributed by atoms with E-state index in [4.69, 9.17) is 4.74 Å². The van der Waals surface area contributed by atoms with E-state index in [1.807, 2.05) is 0 Å². The Bertz CT molecular complexity index is 944. The van der Waals surface area contributed by atoms with Crippen LogP contribution in [0.25, 0.3) is 11.1 Å². The standard InChI is InChI=1S/C22H21F3O3/c1-11-6-7-12(13-9-15(23)18(25)16(24)10-13)8-14(11)17-19(26)21(2,3)28-22(4,5)20(17)27/h6-10,17H,1-5H3. The van der Waals surface area contributed by atoms with E-state index in [9.17, 15) is 22.8 Å². The Kier molecular flexibility index (Phi) is 4.74. The maximum absolute atomic E-state index is 13.6. The zero-order valence-corrected chi connectivity index (χ0v) is 16.3. The molecule has 2 aromatic rings. The van der Waals surface area contributed by atoms with Gasteiger partial charge in [0.1, 0.15) is 17.1 Å². The Morgan fingerprint density at radius 3 is 1.82 bits per heavy atom. The predicted molar refractivity (Wildman–Crippen MR) is 98.5 cm³/mol. The lowest BCUT2D eigenvalue weighted by atomic mass is 9.73. The van der Waals surface area contributed by atoms with E-state index in [0.717, 1.165) is 12.1 Å². The van der Waals surface area contributed by atoms with Gasteiger partial charge in [0.2, 0.25) is 0 Å². The Hall–Kier alpha value is -2.47. The molecule has 1 aliphatic heterocycles. The van der Waals surface area contributed by atoms with Crippen molar-refractivity contribution in [2.45, 2.75) is 51.7 Å². The Morgan fingerprint density at radius 1 is 0.821 bits per heavy atom. The first kappa shape index (κ1) is 20.3. The van der Waals surface area contributed by atoms with E-state index in [0.29, 0.717) is 16.7 Å². The van der Waals surface area contributed by atoms with Crippen molar-refractivity contribution < 1.29 is 27.5 Å². The Morgan fingerprint density at radius 2 is 1.32 bits per heavy atom. The molecule has 0 spiro atoms. The zero-order chi connectivity index (χ0) is 21.0. The quantitative estimate of drug-likeness (QED) is 0.542. The van der Waals surface area contributed by atoms with Crippen LogP contribution >= 0.6 is 0 Å². The smallest absolute Gasteiger partial charge is 0.194 e. The molecule has 0 bridgehead atoms. The molecule has 0 radical (unpaired) electrons. The third-order valence-corrected chi connectivity index (χ3v) is 5.13. The first-order valence-electron chi connectivity index (χ1n) is 8.89. The molecular formula is C22H21F3O3. The number of benzene rings is 2. The van der Waals surface area contributed by atoms with Gasteiger partial charge in [0.05, 0.1) is 0 Å². The normalized spacial score (nSPS) is 19.1. The van der Waals surface area contributed by atoms with Crippen LogP contribution in [0.3, 0.4) is 0 Å². The second-order valence-corrected chi connectivity index (χ2v) is 8.11. The van der Waals surface area contributed by atoms with Gasteiger partial charge in [0, 0.05) is 0 Å². The molecule has 0 amide bonds. The van der Waals surface area contributed by atoms with Crippen LogP contribution in [-0.2, 0) is 14.3 Å². The first-order valence-corrected chi connectivity index (χ1v) is 8.89. The van der Waals surface area contributed by atoms with E-state index in [-0.39, 0.29) is 17.1 Å². The van der Waals surface area contributed by atoms with E-state index in [2.05, 4.69) is 0 Å². The summed E-state index contributed by atoms with van der Waals surface area (Å²) in [7, 11) is 0. The fraction of sp³-hybridized carbons (Fsp3) is 0.364. The van der Waals surface area contributed by atoms with Gasteiger partial charge < -0.3 is 4.74 Å². The van der Waals surface area contributed by atoms with Gasteiger partial charge in [-0.05, 0) is 75.1 Å². The number of aryl methyl sites for hydroxylation is 1. The molecule has 0 unspecified atom stereocenters. The van der Waals surface area contributed by atoms with Gasteiger partial charge in [-0.3, -0.25) is 9.59 Å². The molecule has 28 heavy (non-hydrogen) atoms. The molecular weight excluding hydrogens is 369 g/mol. The summed E-state index contributed by atoms with van der Waals surface area (Å²) in [5, 5.41) is 0. The highest BCUT2D eigenvalue weighted by Gasteiger charge is 2.53. The van der Waals surface area contributed by atoms with Crippen molar-refractivity contribution >= 4 is 11.6 Å². The molecule has 0 aliphatic carbocycles. The molecule has 1 saturated heterocycles. The van der Waals surface area contributed by atoms with Crippen LogP contribution in [0, 0.1) is 24.4 Å². The Labute approximate surface area is 161 Å². The molecule has 3 rings (SSSR count).